The molecule has 1 aliphatic rings. The van der Waals surface area contributed by atoms with Crippen molar-refractivity contribution in [1.82, 2.24) is 9.97 Å². The van der Waals surface area contributed by atoms with Crippen molar-refractivity contribution in [3.05, 3.63) is 41.5 Å². The third-order valence-corrected chi connectivity index (χ3v) is 6.40. The molecule has 1 fully saturated rings. The highest BCUT2D eigenvalue weighted by molar-refractivity contribution is 5.81. The van der Waals surface area contributed by atoms with Gasteiger partial charge < -0.3 is 19.1 Å². The van der Waals surface area contributed by atoms with Crippen molar-refractivity contribution >= 4 is 5.69 Å². The summed E-state index contributed by atoms with van der Waals surface area (Å²) in [4.78, 5) is 10.6. The predicted molar refractivity (Wildman–Crippen MR) is 138 cm³/mol. The number of pyridine rings is 2. The molecule has 3 heterocycles. The molecule has 0 amide bonds. The van der Waals surface area contributed by atoms with Gasteiger partial charge in [0.15, 0.2) is 5.82 Å². The molecule has 0 unspecified atom stereocenters. The van der Waals surface area contributed by atoms with Gasteiger partial charge in [-0.1, -0.05) is 13.8 Å². The van der Waals surface area contributed by atoms with Gasteiger partial charge in [-0.3, -0.25) is 4.98 Å². The molecule has 2 aromatic heterocycles. The van der Waals surface area contributed by atoms with Gasteiger partial charge in [-0.25, -0.2) is 9.37 Å². The Kier molecular flexibility index (Phi) is 9.06. The Bertz CT molecular complexity index is 1030. The number of hydrogen-bond acceptors (Lipinski definition) is 6. The fraction of sp³-hybridized carbons (Fsp3) is 0.643. The summed E-state index contributed by atoms with van der Waals surface area (Å²) in [5.74, 6) is -2.11. The van der Waals surface area contributed by atoms with Gasteiger partial charge in [0.25, 0.3) is 0 Å². The van der Waals surface area contributed by atoms with Crippen molar-refractivity contribution in [3.8, 4) is 11.1 Å². The smallest absolute Gasteiger partial charge is 0.248 e. The van der Waals surface area contributed by atoms with E-state index in [1.54, 1.807) is 6.20 Å². The van der Waals surface area contributed by atoms with Crippen molar-refractivity contribution in [1.29, 1.82) is 0 Å². The van der Waals surface area contributed by atoms with E-state index in [0.717, 1.165) is 42.9 Å². The van der Waals surface area contributed by atoms with E-state index in [1.165, 1.54) is 12.3 Å². The van der Waals surface area contributed by atoms with Crippen LogP contribution in [0.15, 0.2) is 18.5 Å². The fourth-order valence-electron chi connectivity index (χ4n) is 4.39. The molecule has 0 N–H and O–H groups in total. The van der Waals surface area contributed by atoms with Crippen LogP contribution in [0.1, 0.15) is 78.7 Å². The average Bonchev–Trinajstić information content (AvgIpc) is 2.77. The summed E-state index contributed by atoms with van der Waals surface area (Å²) in [6.07, 6.45) is 4.69. The molecule has 3 rings (SSSR count). The standard InChI is InChI=1S/C28H41F2N3O3/c1-18(2)35-17-34-16-23(36-27(4,5)6)24-19(3)31-15-21(20-13-22(29)26(30)32-14-20)25(24)33-11-9-28(7,8)10-12-33/h13-15,18,23H,9-12,16-17H2,1-8H3/t23-/m1/s1. The van der Waals surface area contributed by atoms with Crippen LogP contribution in [-0.4, -0.2) is 48.2 Å². The Labute approximate surface area is 214 Å². The molecule has 0 radical (unpaired) electrons. The SMILES string of the molecule is Cc1ncc(-c2cnc(F)c(F)c2)c(N2CCC(C)(C)CC2)c1[C@@H](COCOC(C)C)OC(C)(C)C. The highest BCUT2D eigenvalue weighted by Crippen LogP contribution is 2.43. The van der Waals surface area contributed by atoms with E-state index in [4.69, 9.17) is 14.2 Å². The minimum absolute atomic E-state index is 0.0480. The van der Waals surface area contributed by atoms with Crippen LogP contribution in [0.3, 0.4) is 0 Å². The molecular formula is C28H41F2N3O3. The maximum absolute atomic E-state index is 14.2. The quantitative estimate of drug-likeness (QED) is 0.217. The van der Waals surface area contributed by atoms with E-state index in [-0.39, 0.29) is 24.9 Å². The molecule has 0 spiro atoms. The van der Waals surface area contributed by atoms with Crippen LogP contribution in [0.25, 0.3) is 11.1 Å². The third-order valence-electron chi connectivity index (χ3n) is 6.40. The van der Waals surface area contributed by atoms with Crippen LogP contribution >= 0.6 is 0 Å². The number of ether oxygens (including phenoxy) is 3. The van der Waals surface area contributed by atoms with Gasteiger partial charge in [0.2, 0.25) is 5.95 Å². The van der Waals surface area contributed by atoms with Crippen molar-refractivity contribution in [3.63, 3.8) is 0 Å². The summed E-state index contributed by atoms with van der Waals surface area (Å²) in [6.45, 7) is 18.5. The molecule has 200 valence electrons. The lowest BCUT2D eigenvalue weighted by atomic mass is 9.82. The van der Waals surface area contributed by atoms with Crippen molar-refractivity contribution in [2.45, 2.75) is 86.0 Å². The minimum Gasteiger partial charge on any atom is -0.371 e. The van der Waals surface area contributed by atoms with Gasteiger partial charge in [0.1, 0.15) is 12.9 Å². The zero-order valence-corrected chi connectivity index (χ0v) is 23.0. The van der Waals surface area contributed by atoms with E-state index in [1.807, 2.05) is 41.5 Å². The predicted octanol–water partition coefficient (Wildman–Crippen LogP) is 6.61. The summed E-state index contributed by atoms with van der Waals surface area (Å²) >= 11 is 0. The highest BCUT2D eigenvalue weighted by Gasteiger charge is 2.33. The van der Waals surface area contributed by atoms with E-state index < -0.39 is 23.5 Å². The average molecular weight is 506 g/mol. The van der Waals surface area contributed by atoms with Crippen molar-refractivity contribution in [2.24, 2.45) is 5.41 Å². The second kappa shape index (κ2) is 11.5. The number of rotatable bonds is 9. The molecule has 0 aliphatic carbocycles. The lowest BCUT2D eigenvalue weighted by molar-refractivity contribution is -0.136. The van der Waals surface area contributed by atoms with Gasteiger partial charge in [-0.15, -0.1) is 0 Å². The van der Waals surface area contributed by atoms with E-state index in [0.29, 0.717) is 11.1 Å². The van der Waals surface area contributed by atoms with Crippen LogP contribution < -0.4 is 4.90 Å². The Morgan fingerprint density at radius 3 is 2.33 bits per heavy atom. The van der Waals surface area contributed by atoms with Crippen molar-refractivity contribution < 1.29 is 23.0 Å². The number of piperidine rings is 1. The molecule has 0 saturated carbocycles. The second-order valence-corrected chi connectivity index (χ2v) is 11.6. The summed E-state index contributed by atoms with van der Waals surface area (Å²) in [5, 5.41) is 0. The summed E-state index contributed by atoms with van der Waals surface area (Å²) in [7, 11) is 0. The topological polar surface area (TPSA) is 56.7 Å². The van der Waals surface area contributed by atoms with E-state index in [9.17, 15) is 8.78 Å². The zero-order chi connectivity index (χ0) is 26.7. The number of aromatic nitrogens is 2. The molecule has 0 aromatic carbocycles. The Morgan fingerprint density at radius 2 is 1.75 bits per heavy atom. The molecule has 0 bridgehead atoms. The van der Waals surface area contributed by atoms with Crippen LogP contribution in [-0.2, 0) is 14.2 Å². The Hall–Kier alpha value is -2.16. The highest BCUT2D eigenvalue weighted by atomic mass is 19.2. The largest absolute Gasteiger partial charge is 0.371 e. The van der Waals surface area contributed by atoms with Crippen LogP contribution in [0.5, 0.6) is 0 Å². The molecule has 2 aromatic rings. The number of nitrogens with zero attached hydrogens (tertiary/aromatic N) is 3. The first-order valence-corrected chi connectivity index (χ1v) is 12.7. The number of aryl methyl sites for hydroxylation is 1. The second-order valence-electron chi connectivity index (χ2n) is 11.6. The Morgan fingerprint density at radius 1 is 1.08 bits per heavy atom. The maximum Gasteiger partial charge on any atom is 0.248 e. The molecule has 8 heteroatoms. The van der Waals surface area contributed by atoms with Gasteiger partial charge in [0.05, 0.1) is 24.0 Å². The molecule has 1 aliphatic heterocycles. The molecule has 1 saturated heterocycles. The van der Waals surface area contributed by atoms with Gasteiger partial charge in [-0.05, 0) is 65.9 Å². The minimum atomic E-state index is -1.12. The maximum atomic E-state index is 14.2. The summed E-state index contributed by atoms with van der Waals surface area (Å²) < 4.78 is 45.9. The molecule has 1 atom stereocenters. The van der Waals surface area contributed by atoms with Crippen molar-refractivity contribution in [2.75, 3.05) is 31.4 Å². The fourth-order valence-corrected chi connectivity index (χ4v) is 4.39. The van der Waals surface area contributed by atoms with E-state index >= 15 is 0 Å². The van der Waals surface area contributed by atoms with E-state index in [2.05, 4.69) is 28.7 Å². The third kappa shape index (κ3) is 7.43. The lowest BCUT2D eigenvalue weighted by Crippen LogP contribution is -2.39. The molecule has 36 heavy (non-hydrogen) atoms. The van der Waals surface area contributed by atoms with Crippen LogP contribution in [0, 0.1) is 24.1 Å². The first-order chi connectivity index (χ1) is 16.8. The Balaban J connectivity index is 2.13. The zero-order valence-electron chi connectivity index (χ0n) is 23.0. The normalized spacial score (nSPS) is 17.0. The monoisotopic (exact) mass is 505 g/mol. The molecule has 6 nitrogen and oxygen atoms in total. The summed E-state index contributed by atoms with van der Waals surface area (Å²) in [6, 6.07) is 1.18. The summed E-state index contributed by atoms with van der Waals surface area (Å²) in [5.41, 5.74) is 3.55. The number of anilines is 1. The first kappa shape index (κ1) is 28.4. The first-order valence-electron chi connectivity index (χ1n) is 12.7. The molecular weight excluding hydrogens is 464 g/mol. The van der Waals surface area contributed by atoms with Crippen LogP contribution in [0.2, 0.25) is 0 Å². The number of hydrogen-bond donors (Lipinski definition) is 0. The number of halogens is 2. The van der Waals surface area contributed by atoms with Crippen LogP contribution in [0.4, 0.5) is 14.5 Å². The van der Waals surface area contributed by atoms with Gasteiger partial charge >= 0.3 is 0 Å². The lowest BCUT2D eigenvalue weighted by Gasteiger charge is -2.41. The van der Waals surface area contributed by atoms with Gasteiger partial charge in [0, 0.05) is 47.9 Å². The van der Waals surface area contributed by atoms with Gasteiger partial charge in [-0.2, -0.15) is 4.39 Å².